The van der Waals surface area contributed by atoms with Gasteiger partial charge in [-0.25, -0.2) is 23.5 Å². The molecule has 2 heterocycles. The van der Waals surface area contributed by atoms with E-state index in [0.29, 0.717) is 12.2 Å². The summed E-state index contributed by atoms with van der Waals surface area (Å²) in [4.78, 5) is 24.4. The molecule has 4 N–H and O–H groups in total. The minimum atomic E-state index is -2.82. The Morgan fingerprint density at radius 2 is 2.11 bits per heavy atom. The summed E-state index contributed by atoms with van der Waals surface area (Å²) in [5.41, 5.74) is -1.09. The van der Waals surface area contributed by atoms with Gasteiger partial charge in [0.1, 0.15) is 23.5 Å². The number of aromatic nitrogens is 2. The van der Waals surface area contributed by atoms with Gasteiger partial charge in [-0.05, 0) is 19.1 Å². The van der Waals surface area contributed by atoms with Crippen molar-refractivity contribution >= 4 is 52.2 Å². The Bertz CT molecular complexity index is 973. The fourth-order valence-corrected chi connectivity index (χ4v) is 2.72. The number of aliphatic imine (C=N–C) groups is 1. The van der Waals surface area contributed by atoms with E-state index in [1.165, 1.54) is 6.33 Å². The van der Waals surface area contributed by atoms with Crippen LogP contribution in [-0.2, 0) is 11.3 Å². The van der Waals surface area contributed by atoms with E-state index in [-0.39, 0.29) is 17.5 Å². The zero-order chi connectivity index (χ0) is 20.3. The number of benzene rings is 1. The van der Waals surface area contributed by atoms with Gasteiger partial charge in [-0.3, -0.25) is 14.5 Å². The number of hydrogen-bond acceptors (Lipinski definition) is 7. The van der Waals surface area contributed by atoms with Crippen LogP contribution in [0.3, 0.4) is 0 Å². The number of carbonyl (C=O) groups is 1. The van der Waals surface area contributed by atoms with Crippen molar-refractivity contribution in [3.63, 3.8) is 0 Å². The molecule has 0 radical (unpaired) electrons. The molecule has 1 aliphatic heterocycles. The Balaban J connectivity index is 1.83. The number of carbonyl (C=O) groups excluding carboxylic acids is 1. The van der Waals surface area contributed by atoms with Crippen LogP contribution in [0.15, 0.2) is 23.5 Å². The van der Waals surface area contributed by atoms with Gasteiger partial charge in [0.2, 0.25) is 0 Å². The summed E-state index contributed by atoms with van der Waals surface area (Å²) in [6.45, 7) is 1.92. The van der Waals surface area contributed by atoms with Crippen molar-refractivity contribution in [3.05, 3.63) is 30.1 Å². The summed E-state index contributed by atoms with van der Waals surface area (Å²) in [6, 6.07) is 0.744. The second-order valence-electron chi connectivity index (χ2n) is 5.71. The number of nitrogens with zero attached hydrogens (tertiary/aromatic N) is 3. The second-order valence-corrected chi connectivity index (χ2v) is 6.39. The SMILES string of the molecule is CC1CC=Nc2c(NC(=O)Nc3c(F)ccc(NS(=O)[O-])c3F)ncnc2N1. The first kappa shape index (κ1) is 19.6. The van der Waals surface area contributed by atoms with Crippen LogP contribution in [0.1, 0.15) is 13.3 Å². The summed E-state index contributed by atoms with van der Waals surface area (Å²) < 4.78 is 51.3. The molecule has 0 aliphatic carbocycles. The average molecular weight is 410 g/mol. The van der Waals surface area contributed by atoms with Crippen molar-refractivity contribution in [2.24, 2.45) is 4.99 Å². The monoisotopic (exact) mass is 410 g/mol. The summed E-state index contributed by atoms with van der Waals surface area (Å²) in [5, 5.41) is 7.44. The van der Waals surface area contributed by atoms with Crippen LogP contribution in [0.4, 0.5) is 42.3 Å². The van der Waals surface area contributed by atoms with E-state index in [1.54, 1.807) is 10.9 Å². The van der Waals surface area contributed by atoms with Crippen molar-refractivity contribution in [1.29, 1.82) is 0 Å². The molecule has 0 saturated heterocycles. The molecular formula is C15H14F2N7O3S-. The predicted molar refractivity (Wildman–Crippen MR) is 99.4 cm³/mol. The molecule has 28 heavy (non-hydrogen) atoms. The average Bonchev–Trinajstić information content (AvgIpc) is 2.82. The fraction of sp³-hybridized carbons (Fsp3) is 0.200. The maximum absolute atomic E-state index is 14.3. The molecule has 0 saturated carbocycles. The van der Waals surface area contributed by atoms with Gasteiger partial charge in [0.25, 0.3) is 0 Å². The highest BCUT2D eigenvalue weighted by molar-refractivity contribution is 7.80. The highest BCUT2D eigenvalue weighted by Crippen LogP contribution is 2.32. The third-order valence-electron chi connectivity index (χ3n) is 3.64. The number of anilines is 4. The van der Waals surface area contributed by atoms with E-state index >= 15 is 0 Å². The molecule has 148 valence electrons. The highest BCUT2D eigenvalue weighted by atomic mass is 32.2. The minimum Gasteiger partial charge on any atom is -0.755 e. The number of halogens is 2. The van der Waals surface area contributed by atoms with Gasteiger partial charge in [-0.15, -0.1) is 0 Å². The van der Waals surface area contributed by atoms with E-state index in [1.807, 2.05) is 12.2 Å². The molecule has 2 atom stereocenters. The number of urea groups is 1. The van der Waals surface area contributed by atoms with Crippen LogP contribution in [0.2, 0.25) is 0 Å². The predicted octanol–water partition coefficient (Wildman–Crippen LogP) is 2.51. The molecule has 2 unspecified atom stereocenters. The number of fused-ring (bicyclic) bond motifs is 1. The maximum Gasteiger partial charge on any atom is 0.325 e. The van der Waals surface area contributed by atoms with E-state index in [4.69, 9.17) is 0 Å². The summed E-state index contributed by atoms with van der Waals surface area (Å²) >= 11 is -2.82. The molecule has 1 aromatic carbocycles. The number of rotatable bonds is 4. The van der Waals surface area contributed by atoms with Crippen molar-refractivity contribution in [2.45, 2.75) is 19.4 Å². The van der Waals surface area contributed by atoms with Gasteiger partial charge in [-0.2, -0.15) is 0 Å². The first-order valence-electron chi connectivity index (χ1n) is 7.91. The molecule has 2 amide bonds. The molecule has 1 aromatic heterocycles. The van der Waals surface area contributed by atoms with Crippen molar-refractivity contribution in [2.75, 3.05) is 20.7 Å². The fourth-order valence-electron chi connectivity index (χ4n) is 2.38. The molecule has 1 aliphatic rings. The van der Waals surface area contributed by atoms with Crippen LogP contribution in [-0.4, -0.2) is 37.0 Å². The molecule has 13 heteroatoms. The maximum atomic E-state index is 14.3. The lowest BCUT2D eigenvalue weighted by atomic mass is 10.2. The molecule has 0 fully saturated rings. The zero-order valence-electron chi connectivity index (χ0n) is 14.3. The van der Waals surface area contributed by atoms with Gasteiger partial charge in [0, 0.05) is 29.9 Å². The Morgan fingerprint density at radius 3 is 2.86 bits per heavy atom. The number of hydrogen-bond donors (Lipinski definition) is 4. The number of nitrogens with one attached hydrogen (secondary N) is 4. The van der Waals surface area contributed by atoms with Crippen LogP contribution < -0.4 is 20.7 Å². The Hall–Kier alpha value is -3.19. The smallest absolute Gasteiger partial charge is 0.325 e. The van der Waals surface area contributed by atoms with Gasteiger partial charge in [-0.1, -0.05) is 0 Å². The Kier molecular flexibility index (Phi) is 5.75. The van der Waals surface area contributed by atoms with Gasteiger partial charge in [0.15, 0.2) is 17.5 Å². The lowest BCUT2D eigenvalue weighted by Crippen LogP contribution is -2.22. The molecule has 0 bridgehead atoms. The first-order valence-corrected chi connectivity index (χ1v) is 8.98. The number of amides is 2. The standard InChI is InChI=1S/C15H15F2N7O3S/c1-7-4-5-18-12-13(21-7)19-6-20-14(12)23-15(25)22-11-8(16)2-3-9(10(11)17)24-28(26)27/h2-3,5-7,24H,4H2,1H3,(H,26,27)(H3,19,20,21,22,23,25)/p-1. The minimum absolute atomic E-state index is 0.0242. The molecule has 2 aromatic rings. The Morgan fingerprint density at radius 1 is 1.32 bits per heavy atom. The van der Waals surface area contributed by atoms with Gasteiger partial charge >= 0.3 is 6.03 Å². The third kappa shape index (κ3) is 4.37. The normalized spacial score (nSPS) is 16.4. The zero-order valence-corrected chi connectivity index (χ0v) is 15.1. The van der Waals surface area contributed by atoms with E-state index in [2.05, 4.69) is 25.6 Å². The van der Waals surface area contributed by atoms with Crippen molar-refractivity contribution in [1.82, 2.24) is 9.97 Å². The quantitative estimate of drug-likeness (QED) is 0.570. The first-order chi connectivity index (χ1) is 13.3. The second kappa shape index (κ2) is 8.22. The highest BCUT2D eigenvalue weighted by Gasteiger charge is 2.20. The van der Waals surface area contributed by atoms with Crippen LogP contribution in [0.25, 0.3) is 0 Å². The van der Waals surface area contributed by atoms with Gasteiger partial charge < -0.3 is 19.9 Å². The van der Waals surface area contributed by atoms with E-state index in [0.717, 1.165) is 12.1 Å². The van der Waals surface area contributed by atoms with Crippen LogP contribution >= 0.6 is 0 Å². The van der Waals surface area contributed by atoms with Crippen molar-refractivity contribution < 1.29 is 22.3 Å². The van der Waals surface area contributed by atoms with Crippen molar-refractivity contribution in [3.8, 4) is 0 Å². The third-order valence-corrected chi connectivity index (χ3v) is 4.03. The largest absolute Gasteiger partial charge is 0.755 e. The van der Waals surface area contributed by atoms with E-state index < -0.39 is 40.3 Å². The lowest BCUT2D eigenvalue weighted by molar-refractivity contribution is 0.262. The molecular weight excluding hydrogens is 396 g/mol. The molecule has 3 rings (SSSR count). The Labute approximate surface area is 160 Å². The molecule has 10 nitrogen and oxygen atoms in total. The van der Waals surface area contributed by atoms with E-state index in [9.17, 15) is 22.3 Å². The van der Waals surface area contributed by atoms with Crippen LogP contribution in [0, 0.1) is 11.6 Å². The summed E-state index contributed by atoms with van der Waals surface area (Å²) in [5.74, 6) is -1.96. The summed E-state index contributed by atoms with van der Waals surface area (Å²) in [6.07, 6.45) is 3.46. The van der Waals surface area contributed by atoms with Gasteiger partial charge in [0.05, 0.1) is 5.69 Å². The van der Waals surface area contributed by atoms with Crippen LogP contribution in [0.5, 0.6) is 0 Å². The topological polar surface area (TPSA) is 143 Å². The lowest BCUT2D eigenvalue weighted by Gasteiger charge is -2.15. The molecule has 0 spiro atoms. The summed E-state index contributed by atoms with van der Waals surface area (Å²) in [7, 11) is 0.